The van der Waals surface area contributed by atoms with Gasteiger partial charge >= 0.3 is 0 Å². The minimum Gasteiger partial charge on any atom is -0.370 e. The highest BCUT2D eigenvalue weighted by Crippen LogP contribution is 2.25. The molecule has 0 aliphatic carbocycles. The number of nitrogens with one attached hydrogen (secondary N) is 1. The van der Waals surface area contributed by atoms with Crippen molar-refractivity contribution in [3.8, 4) is 0 Å². The highest BCUT2D eigenvalue weighted by molar-refractivity contribution is 6.30. The van der Waals surface area contributed by atoms with Crippen molar-refractivity contribution in [2.45, 2.75) is 25.6 Å². The summed E-state index contributed by atoms with van der Waals surface area (Å²) in [6.45, 7) is 1.84. The molecule has 0 saturated carbocycles. The van der Waals surface area contributed by atoms with Crippen molar-refractivity contribution < 1.29 is 9.53 Å². The quantitative estimate of drug-likeness (QED) is 0.706. The summed E-state index contributed by atoms with van der Waals surface area (Å²) >= 11 is 5.81. The monoisotopic (exact) mass is 385 g/mol. The number of halogens is 1. The zero-order chi connectivity index (χ0) is 18.6. The van der Waals surface area contributed by atoms with E-state index in [0.29, 0.717) is 24.7 Å². The van der Waals surface area contributed by atoms with Crippen LogP contribution >= 0.6 is 11.6 Å². The third-order valence-corrected chi connectivity index (χ3v) is 4.64. The van der Waals surface area contributed by atoms with Crippen LogP contribution < -0.4 is 5.32 Å². The summed E-state index contributed by atoms with van der Waals surface area (Å²) in [7, 11) is 0. The molecule has 140 valence electrons. The molecule has 1 atom stereocenters. The average molecular weight is 386 g/mol. The number of benzene rings is 1. The van der Waals surface area contributed by atoms with Crippen LogP contribution in [0.25, 0.3) is 0 Å². The predicted molar refractivity (Wildman–Crippen MR) is 100 cm³/mol. The second kappa shape index (κ2) is 7.94. The Morgan fingerprint density at radius 1 is 1.26 bits per heavy atom. The molecule has 1 amide bonds. The number of carbonyl (C=O) groups is 1. The number of aromatic nitrogens is 4. The summed E-state index contributed by atoms with van der Waals surface area (Å²) in [4.78, 5) is 12.1. The molecule has 7 nitrogen and oxygen atoms in total. The first-order chi connectivity index (χ1) is 13.2. The maximum Gasteiger partial charge on any atom is 0.241 e. The van der Waals surface area contributed by atoms with Crippen molar-refractivity contribution >= 4 is 17.5 Å². The average Bonchev–Trinajstić information content (AvgIpc) is 3.26. The van der Waals surface area contributed by atoms with Crippen molar-refractivity contribution in [2.75, 3.05) is 13.2 Å². The lowest BCUT2D eigenvalue weighted by Gasteiger charge is -2.22. The van der Waals surface area contributed by atoms with Gasteiger partial charge in [0.15, 0.2) is 0 Å². The highest BCUT2D eigenvalue weighted by Gasteiger charge is 2.25. The molecule has 8 heteroatoms. The molecule has 27 heavy (non-hydrogen) atoms. The molecule has 3 aromatic rings. The number of hydrogen-bond acceptors (Lipinski definition) is 4. The van der Waals surface area contributed by atoms with Crippen LogP contribution in [0.2, 0.25) is 5.02 Å². The molecule has 1 N–H and O–H groups in total. The lowest BCUT2D eigenvalue weighted by Crippen LogP contribution is -2.34. The number of fused-ring (bicyclic) bond motifs is 1. The second-order valence-corrected chi connectivity index (χ2v) is 6.93. The topological polar surface area (TPSA) is 74.0 Å². The van der Waals surface area contributed by atoms with Gasteiger partial charge in [0.25, 0.3) is 0 Å². The Kier molecular flexibility index (Phi) is 5.22. The van der Waals surface area contributed by atoms with E-state index < -0.39 is 0 Å². The molecule has 1 aromatic carbocycles. The van der Waals surface area contributed by atoms with Crippen LogP contribution in [0.15, 0.2) is 48.9 Å². The molecule has 4 rings (SSSR count). The number of rotatable bonds is 6. The summed E-state index contributed by atoms with van der Waals surface area (Å²) in [5.41, 5.74) is 3.27. The van der Waals surface area contributed by atoms with Crippen LogP contribution in [0.1, 0.15) is 22.9 Å². The zero-order valence-corrected chi connectivity index (χ0v) is 15.5. The lowest BCUT2D eigenvalue weighted by atomic mass is 10.1. The normalized spacial score (nSPS) is 16.1. The molecule has 1 aliphatic heterocycles. The van der Waals surface area contributed by atoms with Crippen LogP contribution in [-0.4, -0.2) is 38.6 Å². The summed E-state index contributed by atoms with van der Waals surface area (Å²) in [6, 6.07) is 10.2. The van der Waals surface area contributed by atoms with Gasteiger partial charge in [0.05, 0.1) is 30.1 Å². The van der Waals surface area contributed by atoms with E-state index in [4.69, 9.17) is 21.4 Å². The fraction of sp³-hybridized carbons (Fsp3) is 0.316. The van der Waals surface area contributed by atoms with Crippen molar-refractivity contribution in [2.24, 2.45) is 0 Å². The Bertz CT molecular complexity index is 921. The van der Waals surface area contributed by atoms with E-state index in [2.05, 4.69) is 28.7 Å². The summed E-state index contributed by atoms with van der Waals surface area (Å²) in [5.74, 6) is -0.144. The van der Waals surface area contributed by atoms with Crippen molar-refractivity contribution in [1.82, 2.24) is 24.9 Å². The number of nitrogens with zero attached hydrogens (tertiary/aromatic N) is 4. The maximum absolute atomic E-state index is 12.1. The second-order valence-electron chi connectivity index (χ2n) is 6.49. The fourth-order valence-electron chi connectivity index (χ4n) is 3.17. The smallest absolute Gasteiger partial charge is 0.241 e. The molecule has 2 aromatic heterocycles. The van der Waals surface area contributed by atoms with E-state index >= 15 is 0 Å². The van der Waals surface area contributed by atoms with Gasteiger partial charge in [-0.05, 0) is 17.5 Å². The first-order valence-corrected chi connectivity index (χ1v) is 9.21. The fourth-order valence-corrected chi connectivity index (χ4v) is 3.33. The minimum atomic E-state index is -0.240. The number of ether oxygens (including phenoxy) is 1. The molecule has 1 aliphatic rings. The van der Waals surface area contributed by atoms with Crippen LogP contribution in [0.5, 0.6) is 0 Å². The third kappa shape index (κ3) is 4.37. The Labute approximate surface area is 161 Å². The van der Waals surface area contributed by atoms with Gasteiger partial charge in [0, 0.05) is 18.9 Å². The van der Waals surface area contributed by atoms with Crippen LogP contribution in [0.3, 0.4) is 0 Å². The first-order valence-electron chi connectivity index (χ1n) is 8.84. The van der Waals surface area contributed by atoms with Gasteiger partial charge in [0.2, 0.25) is 5.91 Å². The number of hydrogen-bond donors (Lipinski definition) is 1. The molecular formula is C19H20ClN5O2. The van der Waals surface area contributed by atoms with Gasteiger partial charge in [-0.1, -0.05) is 41.9 Å². The van der Waals surface area contributed by atoms with Crippen molar-refractivity contribution in [3.63, 3.8) is 0 Å². The van der Waals surface area contributed by atoms with Gasteiger partial charge < -0.3 is 10.1 Å². The largest absolute Gasteiger partial charge is 0.370 e. The Balaban J connectivity index is 1.38. The Morgan fingerprint density at radius 3 is 2.89 bits per heavy atom. The molecule has 0 saturated heterocycles. The molecule has 3 heterocycles. The molecule has 0 bridgehead atoms. The van der Waals surface area contributed by atoms with Crippen LogP contribution in [0.4, 0.5) is 0 Å². The van der Waals surface area contributed by atoms with Gasteiger partial charge in [-0.25, -0.2) is 0 Å². The molecule has 0 fully saturated rings. The van der Waals surface area contributed by atoms with Crippen molar-refractivity contribution in [3.05, 3.63) is 70.8 Å². The Morgan fingerprint density at radius 2 is 2.11 bits per heavy atom. The SMILES string of the molecule is O=C(Cn1cc(Cl)cn1)NC[C@H]1OCCc2cn(Cc3ccccc3)nc21. The van der Waals surface area contributed by atoms with E-state index in [-0.39, 0.29) is 18.6 Å². The van der Waals surface area contributed by atoms with Gasteiger partial charge in [0.1, 0.15) is 12.6 Å². The van der Waals surface area contributed by atoms with Crippen LogP contribution in [0, 0.1) is 0 Å². The van der Waals surface area contributed by atoms with E-state index in [1.807, 2.05) is 22.9 Å². The van der Waals surface area contributed by atoms with Gasteiger partial charge in [-0.3, -0.25) is 14.2 Å². The summed E-state index contributed by atoms with van der Waals surface area (Å²) in [6.07, 6.45) is 5.79. The summed E-state index contributed by atoms with van der Waals surface area (Å²) in [5, 5.41) is 12.1. The zero-order valence-electron chi connectivity index (χ0n) is 14.7. The van der Waals surface area contributed by atoms with E-state index in [1.165, 1.54) is 22.0 Å². The minimum absolute atomic E-state index is 0.120. The van der Waals surface area contributed by atoms with Crippen LogP contribution in [-0.2, 0) is 29.0 Å². The lowest BCUT2D eigenvalue weighted by molar-refractivity contribution is -0.122. The van der Waals surface area contributed by atoms with Gasteiger partial charge in [-0.2, -0.15) is 10.2 Å². The maximum atomic E-state index is 12.1. The number of carbonyl (C=O) groups excluding carboxylic acids is 1. The molecule has 0 unspecified atom stereocenters. The number of amides is 1. The molecular weight excluding hydrogens is 366 g/mol. The highest BCUT2D eigenvalue weighted by atomic mass is 35.5. The van der Waals surface area contributed by atoms with E-state index in [0.717, 1.165) is 12.1 Å². The Hall–Kier alpha value is -2.64. The summed E-state index contributed by atoms with van der Waals surface area (Å²) < 4.78 is 9.28. The third-order valence-electron chi connectivity index (χ3n) is 4.44. The van der Waals surface area contributed by atoms with E-state index in [9.17, 15) is 4.79 Å². The first kappa shape index (κ1) is 17.8. The molecule has 0 radical (unpaired) electrons. The standard InChI is InChI=1S/C19H20ClN5O2/c20-16-8-22-24(12-16)13-18(26)21-9-17-19-15(6-7-27-17)11-25(23-19)10-14-4-2-1-3-5-14/h1-5,8,11-12,17H,6-7,9-10,13H2,(H,21,26)/t17-/m1/s1. The van der Waals surface area contributed by atoms with Crippen molar-refractivity contribution in [1.29, 1.82) is 0 Å². The van der Waals surface area contributed by atoms with E-state index in [1.54, 1.807) is 6.20 Å². The van der Waals surface area contributed by atoms with Gasteiger partial charge in [-0.15, -0.1) is 0 Å². The molecule has 0 spiro atoms. The predicted octanol–water partition coefficient (Wildman–Crippen LogP) is 2.21.